The second kappa shape index (κ2) is 16.3. The average Bonchev–Trinajstić information content (AvgIpc) is 3.50. The van der Waals surface area contributed by atoms with E-state index in [4.69, 9.17) is 19.2 Å². The Morgan fingerprint density at radius 2 is 1.73 bits per heavy atom. The average molecular weight is 712 g/mol. The molecule has 1 saturated heterocycles. The zero-order valence-corrected chi connectivity index (χ0v) is 30.8. The van der Waals surface area contributed by atoms with Crippen LogP contribution in [-0.4, -0.2) is 103 Å². The molecule has 1 N–H and O–H groups in total. The van der Waals surface area contributed by atoms with E-state index in [2.05, 4.69) is 15.2 Å². The van der Waals surface area contributed by atoms with Crippen LogP contribution in [0, 0.1) is 12.8 Å². The summed E-state index contributed by atoms with van der Waals surface area (Å²) in [5.41, 5.74) is 3.96. The van der Waals surface area contributed by atoms with Crippen LogP contribution in [0.15, 0.2) is 48.9 Å². The van der Waals surface area contributed by atoms with Crippen LogP contribution in [0.5, 0.6) is 17.2 Å². The third kappa shape index (κ3) is 7.93. The van der Waals surface area contributed by atoms with Gasteiger partial charge in [-0.3, -0.25) is 19.4 Å². The Morgan fingerprint density at radius 3 is 2.44 bits per heavy atom. The lowest BCUT2D eigenvalue weighted by atomic mass is 9.97. The molecule has 1 atom stereocenters. The first kappa shape index (κ1) is 36.5. The van der Waals surface area contributed by atoms with Gasteiger partial charge in [0.1, 0.15) is 5.82 Å². The summed E-state index contributed by atoms with van der Waals surface area (Å²) in [7, 11) is 6.65. The lowest BCUT2D eigenvalue weighted by Crippen LogP contribution is -2.42. The van der Waals surface area contributed by atoms with Crippen molar-refractivity contribution in [3.05, 3.63) is 71.3 Å². The van der Waals surface area contributed by atoms with E-state index < -0.39 is 0 Å². The van der Waals surface area contributed by atoms with Crippen LogP contribution in [-0.2, 0) is 29.6 Å². The lowest BCUT2D eigenvalue weighted by Gasteiger charge is -2.35. The molecule has 0 saturated carbocycles. The standard InChI is InChI=1S/C39H49N7O6/c1-26-30(12-17-43(26)2)39(49)46-20-19-44(35(48)9-8-27-10-14-40-15-11-27)18-13-34(47)41-23-28-7-6-16-45(24-28)38-29(25-46)21-31-32(42-38)22-33(50-3)37(52-5)36(31)51-4/h10-12,14-15,17,21-22,28H,6-9,13,16,18-20,23-25H2,1-5H3,(H,41,47). The van der Waals surface area contributed by atoms with Crippen molar-refractivity contribution < 1.29 is 28.6 Å². The van der Waals surface area contributed by atoms with Gasteiger partial charge in [0.05, 0.1) is 32.4 Å². The number of aryl methyl sites for hydroxylation is 2. The highest BCUT2D eigenvalue weighted by atomic mass is 16.5. The molecule has 1 aromatic carbocycles. The highest BCUT2D eigenvalue weighted by molar-refractivity contribution is 5.96. The molecular formula is C39H49N7O6. The number of piperidine rings is 1. The molecule has 2 aliphatic rings. The monoisotopic (exact) mass is 711 g/mol. The fraction of sp³-hybridized carbons (Fsp3) is 0.462. The molecule has 0 radical (unpaired) electrons. The van der Waals surface area contributed by atoms with Crippen molar-refractivity contribution in [2.24, 2.45) is 13.0 Å². The minimum absolute atomic E-state index is 0.0713. The number of carbonyl (C=O) groups excluding carboxylic acids is 3. The van der Waals surface area contributed by atoms with Gasteiger partial charge in [-0.2, -0.15) is 0 Å². The zero-order valence-electron chi connectivity index (χ0n) is 30.8. The molecular weight excluding hydrogens is 662 g/mol. The minimum atomic E-state index is -0.147. The molecule has 6 rings (SSSR count). The summed E-state index contributed by atoms with van der Waals surface area (Å²) in [6.07, 6.45) is 8.22. The Balaban J connectivity index is 1.43. The summed E-state index contributed by atoms with van der Waals surface area (Å²) in [6.45, 7) is 4.94. The molecule has 1 fully saturated rings. The summed E-state index contributed by atoms with van der Waals surface area (Å²) in [5.74, 6) is 2.11. The number of amides is 3. The van der Waals surface area contributed by atoms with Gasteiger partial charge in [0.15, 0.2) is 11.5 Å². The predicted octanol–water partition coefficient (Wildman–Crippen LogP) is 4.14. The van der Waals surface area contributed by atoms with E-state index in [-0.39, 0.29) is 62.7 Å². The topological polar surface area (TPSA) is 131 Å². The number of aromatic nitrogens is 3. The molecule has 1 unspecified atom stereocenters. The molecule has 3 amide bonds. The van der Waals surface area contributed by atoms with E-state index in [0.29, 0.717) is 47.8 Å². The van der Waals surface area contributed by atoms with Gasteiger partial charge >= 0.3 is 0 Å². The SMILES string of the molecule is COc1cc2nc3c(cc2c(OC)c1OC)CN(C(=O)c1ccn(C)c1C)CCN(C(=O)CCc1ccncc1)CCC(=O)NCC1CCCN3C1. The van der Waals surface area contributed by atoms with Gasteiger partial charge in [0.25, 0.3) is 5.91 Å². The summed E-state index contributed by atoms with van der Waals surface area (Å²) >= 11 is 0. The van der Waals surface area contributed by atoms with Crippen molar-refractivity contribution in [1.82, 2.24) is 29.7 Å². The number of pyridine rings is 2. The van der Waals surface area contributed by atoms with Crippen molar-refractivity contribution >= 4 is 34.4 Å². The Morgan fingerprint density at radius 1 is 0.962 bits per heavy atom. The van der Waals surface area contributed by atoms with E-state index in [1.807, 2.05) is 55.1 Å². The Hall–Kier alpha value is -5.33. The highest BCUT2D eigenvalue weighted by Crippen LogP contribution is 2.44. The Kier molecular flexibility index (Phi) is 11.5. The maximum atomic E-state index is 14.5. The van der Waals surface area contributed by atoms with E-state index in [9.17, 15) is 14.4 Å². The first-order chi connectivity index (χ1) is 25.2. The maximum Gasteiger partial charge on any atom is 0.256 e. The third-order valence-electron chi connectivity index (χ3n) is 10.3. The quantitative estimate of drug-likeness (QED) is 0.301. The number of hydrogen-bond donors (Lipinski definition) is 1. The fourth-order valence-corrected chi connectivity index (χ4v) is 7.24. The van der Waals surface area contributed by atoms with Crippen molar-refractivity contribution in [3.63, 3.8) is 0 Å². The molecule has 276 valence electrons. The van der Waals surface area contributed by atoms with Crippen molar-refractivity contribution in [1.29, 1.82) is 0 Å². The molecule has 13 nitrogen and oxygen atoms in total. The van der Waals surface area contributed by atoms with Crippen LogP contribution < -0.4 is 24.4 Å². The largest absolute Gasteiger partial charge is 0.493 e. The summed E-state index contributed by atoms with van der Waals surface area (Å²) < 4.78 is 19.2. The molecule has 0 aliphatic carbocycles. The number of ether oxygens (including phenoxy) is 3. The van der Waals surface area contributed by atoms with Gasteiger partial charge in [0, 0.05) is 107 Å². The van der Waals surface area contributed by atoms with Crippen LogP contribution in [0.25, 0.3) is 10.9 Å². The Labute approximate surface area is 304 Å². The number of nitrogens with one attached hydrogen (secondary N) is 1. The summed E-state index contributed by atoms with van der Waals surface area (Å²) in [5, 5.41) is 3.86. The second-order valence-corrected chi connectivity index (χ2v) is 13.6. The molecule has 3 aromatic heterocycles. The number of nitrogens with zero attached hydrogens (tertiary/aromatic N) is 6. The number of fused-ring (bicyclic) bond motifs is 5. The van der Waals surface area contributed by atoms with Gasteiger partial charge in [-0.15, -0.1) is 0 Å². The van der Waals surface area contributed by atoms with Gasteiger partial charge in [-0.1, -0.05) is 0 Å². The second-order valence-electron chi connectivity index (χ2n) is 13.6. The minimum Gasteiger partial charge on any atom is -0.493 e. The van der Waals surface area contributed by atoms with E-state index in [1.165, 1.54) is 0 Å². The van der Waals surface area contributed by atoms with E-state index in [0.717, 1.165) is 47.4 Å². The van der Waals surface area contributed by atoms with Gasteiger partial charge in [-0.25, -0.2) is 4.98 Å². The Bertz CT molecular complexity index is 1910. The number of methoxy groups -OCH3 is 3. The number of benzene rings is 1. The first-order valence-corrected chi connectivity index (χ1v) is 17.9. The van der Waals surface area contributed by atoms with Crippen LogP contribution in [0.2, 0.25) is 0 Å². The van der Waals surface area contributed by atoms with Crippen molar-refractivity contribution in [2.45, 2.75) is 45.6 Å². The van der Waals surface area contributed by atoms with E-state index in [1.54, 1.807) is 43.5 Å². The normalized spacial score (nSPS) is 17.1. The van der Waals surface area contributed by atoms with Gasteiger partial charge in [-0.05, 0) is 61.9 Å². The number of rotatable bonds is 7. The molecule has 52 heavy (non-hydrogen) atoms. The zero-order chi connectivity index (χ0) is 36.8. The molecule has 5 heterocycles. The summed E-state index contributed by atoms with van der Waals surface area (Å²) in [4.78, 5) is 56.5. The van der Waals surface area contributed by atoms with E-state index >= 15 is 0 Å². The molecule has 13 heteroatoms. The highest BCUT2D eigenvalue weighted by Gasteiger charge is 2.29. The molecule has 4 aromatic rings. The molecule has 0 spiro atoms. The molecule has 2 aliphatic heterocycles. The predicted molar refractivity (Wildman–Crippen MR) is 198 cm³/mol. The van der Waals surface area contributed by atoms with Gasteiger partial charge in [0.2, 0.25) is 17.6 Å². The van der Waals surface area contributed by atoms with Crippen LogP contribution in [0.1, 0.15) is 52.9 Å². The van der Waals surface area contributed by atoms with Gasteiger partial charge < -0.3 is 38.8 Å². The number of anilines is 1. The molecule has 2 bridgehead atoms. The first-order valence-electron chi connectivity index (χ1n) is 17.9. The maximum absolute atomic E-state index is 14.5. The van der Waals surface area contributed by atoms with Crippen molar-refractivity contribution in [2.75, 3.05) is 65.5 Å². The third-order valence-corrected chi connectivity index (χ3v) is 10.3. The summed E-state index contributed by atoms with van der Waals surface area (Å²) in [6, 6.07) is 9.52. The lowest BCUT2D eigenvalue weighted by molar-refractivity contribution is -0.132. The number of hydrogen-bond acceptors (Lipinski definition) is 9. The van der Waals surface area contributed by atoms with Crippen molar-refractivity contribution in [3.8, 4) is 17.2 Å². The van der Waals surface area contributed by atoms with Crippen LogP contribution in [0.4, 0.5) is 5.82 Å². The smallest absolute Gasteiger partial charge is 0.256 e. The van der Waals surface area contributed by atoms with Crippen LogP contribution in [0.3, 0.4) is 0 Å². The number of carbonyl (C=O) groups is 3. The van der Waals surface area contributed by atoms with Crippen LogP contribution >= 0.6 is 0 Å². The fourth-order valence-electron chi connectivity index (χ4n) is 7.24.